The van der Waals surface area contributed by atoms with Crippen LogP contribution in [0.25, 0.3) is 0 Å². The van der Waals surface area contributed by atoms with Crippen molar-refractivity contribution in [1.29, 1.82) is 0 Å². The molecule has 1 aromatic carbocycles. The highest BCUT2D eigenvalue weighted by atomic mass is 16.7. The van der Waals surface area contributed by atoms with E-state index >= 15 is 0 Å². The van der Waals surface area contributed by atoms with Crippen LogP contribution in [0.15, 0.2) is 18.2 Å². The molecule has 1 saturated carbocycles. The van der Waals surface area contributed by atoms with E-state index in [0.717, 1.165) is 57.6 Å². The summed E-state index contributed by atoms with van der Waals surface area (Å²) in [4.78, 5) is 0. The summed E-state index contributed by atoms with van der Waals surface area (Å²) in [7, 11) is 0. The molecule has 0 amide bonds. The summed E-state index contributed by atoms with van der Waals surface area (Å²) in [6, 6.07) is 7.16. The van der Waals surface area contributed by atoms with Crippen molar-refractivity contribution in [2.24, 2.45) is 0 Å². The van der Waals surface area contributed by atoms with Gasteiger partial charge in [-0.2, -0.15) is 0 Å². The number of rotatable bonds is 3. The third-order valence-corrected chi connectivity index (χ3v) is 5.28. The second kappa shape index (κ2) is 5.76. The van der Waals surface area contributed by atoms with Crippen LogP contribution in [-0.4, -0.2) is 30.6 Å². The number of hydrogen-bond donors (Lipinski definition) is 1. The van der Waals surface area contributed by atoms with E-state index in [1.54, 1.807) is 0 Å². The molecule has 1 spiro atoms. The van der Waals surface area contributed by atoms with Gasteiger partial charge in [0, 0.05) is 31.8 Å². The van der Waals surface area contributed by atoms with Gasteiger partial charge in [0.15, 0.2) is 5.79 Å². The van der Waals surface area contributed by atoms with E-state index < -0.39 is 0 Å². The van der Waals surface area contributed by atoms with Gasteiger partial charge < -0.3 is 19.5 Å². The van der Waals surface area contributed by atoms with Gasteiger partial charge in [-0.15, -0.1) is 0 Å². The Morgan fingerprint density at radius 1 is 1.13 bits per heavy atom. The van der Waals surface area contributed by atoms with Crippen LogP contribution in [-0.2, 0) is 22.4 Å². The van der Waals surface area contributed by atoms with E-state index in [2.05, 4.69) is 37.4 Å². The molecule has 1 saturated heterocycles. The molecule has 1 aliphatic carbocycles. The Kier molecular flexibility index (Phi) is 3.87. The van der Waals surface area contributed by atoms with E-state index in [0.29, 0.717) is 6.04 Å². The summed E-state index contributed by atoms with van der Waals surface area (Å²) in [6.07, 6.45) is 5.27. The van der Waals surface area contributed by atoms with Crippen molar-refractivity contribution in [3.63, 3.8) is 0 Å². The third kappa shape index (κ3) is 3.25. The molecule has 2 aliphatic heterocycles. The maximum atomic E-state index is 5.95. The maximum absolute atomic E-state index is 5.95. The number of fused-ring (bicyclic) bond motifs is 1. The Labute approximate surface area is 138 Å². The Balaban J connectivity index is 1.31. The van der Waals surface area contributed by atoms with Crippen LogP contribution in [0.3, 0.4) is 0 Å². The monoisotopic (exact) mass is 317 g/mol. The molecule has 126 valence electrons. The summed E-state index contributed by atoms with van der Waals surface area (Å²) in [5, 5.41) is 3.70. The predicted molar refractivity (Wildman–Crippen MR) is 88.6 cm³/mol. The minimum atomic E-state index is -0.255. The average molecular weight is 317 g/mol. The first-order valence-corrected chi connectivity index (χ1v) is 8.86. The standard InChI is InChI=1S/C19H27NO3/c1-18(2)12-15-11-14(3-4-17(15)23-18)13-20-16-5-7-19(8-6-16)21-9-10-22-19/h3-4,11,16,20H,5-10,12-13H2,1-2H3. The van der Waals surface area contributed by atoms with E-state index in [1.807, 2.05) is 0 Å². The molecule has 4 heteroatoms. The minimum absolute atomic E-state index is 0.0621. The van der Waals surface area contributed by atoms with Crippen LogP contribution in [0.2, 0.25) is 0 Å². The fraction of sp³-hybridized carbons (Fsp3) is 0.684. The van der Waals surface area contributed by atoms with Crippen molar-refractivity contribution in [3.8, 4) is 5.75 Å². The lowest BCUT2D eigenvalue weighted by atomic mass is 9.90. The number of ether oxygens (including phenoxy) is 3. The largest absolute Gasteiger partial charge is 0.487 e. The van der Waals surface area contributed by atoms with Crippen LogP contribution < -0.4 is 10.1 Å². The summed E-state index contributed by atoms with van der Waals surface area (Å²) in [5.41, 5.74) is 2.62. The lowest BCUT2D eigenvalue weighted by Gasteiger charge is -2.35. The van der Waals surface area contributed by atoms with E-state index in [4.69, 9.17) is 14.2 Å². The molecular formula is C19H27NO3. The summed E-state index contributed by atoms with van der Waals surface area (Å²) in [5.74, 6) is 0.795. The van der Waals surface area contributed by atoms with Gasteiger partial charge >= 0.3 is 0 Å². The fourth-order valence-electron chi connectivity index (χ4n) is 4.08. The van der Waals surface area contributed by atoms with Gasteiger partial charge in [0.25, 0.3) is 0 Å². The van der Waals surface area contributed by atoms with Crippen molar-refractivity contribution < 1.29 is 14.2 Å². The number of nitrogens with one attached hydrogen (secondary N) is 1. The molecule has 4 nitrogen and oxygen atoms in total. The van der Waals surface area contributed by atoms with Crippen LogP contribution in [0, 0.1) is 0 Å². The zero-order valence-corrected chi connectivity index (χ0v) is 14.2. The van der Waals surface area contributed by atoms with Gasteiger partial charge in [-0.05, 0) is 43.9 Å². The molecule has 0 bridgehead atoms. The highest BCUT2D eigenvalue weighted by Crippen LogP contribution is 2.37. The Morgan fingerprint density at radius 3 is 2.61 bits per heavy atom. The first kappa shape index (κ1) is 15.4. The second-order valence-corrected chi connectivity index (χ2v) is 7.74. The lowest BCUT2D eigenvalue weighted by molar-refractivity contribution is -0.179. The van der Waals surface area contributed by atoms with Gasteiger partial charge in [-0.1, -0.05) is 12.1 Å². The van der Waals surface area contributed by atoms with Crippen molar-refractivity contribution in [3.05, 3.63) is 29.3 Å². The van der Waals surface area contributed by atoms with E-state index in [1.165, 1.54) is 11.1 Å². The first-order valence-electron chi connectivity index (χ1n) is 8.86. The molecule has 2 heterocycles. The Hall–Kier alpha value is -1.10. The van der Waals surface area contributed by atoms with Gasteiger partial charge in [-0.25, -0.2) is 0 Å². The Bertz CT molecular complexity index is 568. The van der Waals surface area contributed by atoms with Crippen LogP contribution >= 0.6 is 0 Å². The highest BCUT2D eigenvalue weighted by Gasteiger charge is 2.40. The zero-order chi connectivity index (χ0) is 15.9. The maximum Gasteiger partial charge on any atom is 0.168 e. The molecule has 1 aromatic rings. The third-order valence-electron chi connectivity index (χ3n) is 5.28. The SMILES string of the molecule is CC1(C)Cc2cc(CNC3CCC4(CC3)OCCO4)ccc2O1. The number of hydrogen-bond acceptors (Lipinski definition) is 4. The molecule has 23 heavy (non-hydrogen) atoms. The molecule has 0 atom stereocenters. The summed E-state index contributed by atoms with van der Waals surface area (Å²) in [6.45, 7) is 6.73. The minimum Gasteiger partial charge on any atom is -0.487 e. The predicted octanol–water partition coefficient (Wildman–Crippen LogP) is 3.18. The van der Waals surface area contributed by atoms with Crippen molar-refractivity contribution >= 4 is 0 Å². The molecule has 1 N–H and O–H groups in total. The molecule has 3 aliphatic rings. The summed E-state index contributed by atoms with van der Waals surface area (Å²) < 4.78 is 17.5. The molecule has 0 aromatic heterocycles. The first-order chi connectivity index (χ1) is 11.0. The van der Waals surface area contributed by atoms with E-state index in [9.17, 15) is 0 Å². The lowest BCUT2D eigenvalue weighted by Crippen LogP contribution is -2.41. The molecule has 0 unspecified atom stereocenters. The zero-order valence-electron chi connectivity index (χ0n) is 14.2. The average Bonchev–Trinajstić information content (AvgIpc) is 3.09. The van der Waals surface area contributed by atoms with Gasteiger partial charge in [0.2, 0.25) is 0 Å². The number of benzene rings is 1. The second-order valence-electron chi connectivity index (χ2n) is 7.74. The Morgan fingerprint density at radius 2 is 1.87 bits per heavy atom. The quantitative estimate of drug-likeness (QED) is 0.929. The molecule has 2 fully saturated rings. The van der Waals surface area contributed by atoms with Crippen LogP contribution in [0.1, 0.15) is 50.7 Å². The normalized spacial score (nSPS) is 25.5. The van der Waals surface area contributed by atoms with Crippen molar-refractivity contribution in [2.75, 3.05) is 13.2 Å². The van der Waals surface area contributed by atoms with Gasteiger partial charge in [0.1, 0.15) is 11.4 Å². The van der Waals surface area contributed by atoms with Crippen LogP contribution in [0.4, 0.5) is 0 Å². The van der Waals surface area contributed by atoms with Gasteiger partial charge in [0.05, 0.1) is 13.2 Å². The topological polar surface area (TPSA) is 39.7 Å². The fourth-order valence-corrected chi connectivity index (χ4v) is 4.08. The highest BCUT2D eigenvalue weighted by molar-refractivity contribution is 5.41. The molecule has 0 radical (unpaired) electrons. The van der Waals surface area contributed by atoms with Crippen molar-refractivity contribution in [1.82, 2.24) is 5.32 Å². The molecule has 4 rings (SSSR count). The molecular weight excluding hydrogens is 290 g/mol. The van der Waals surface area contributed by atoms with Crippen molar-refractivity contribution in [2.45, 2.75) is 69.9 Å². The van der Waals surface area contributed by atoms with Crippen LogP contribution in [0.5, 0.6) is 5.75 Å². The van der Waals surface area contributed by atoms with E-state index in [-0.39, 0.29) is 11.4 Å². The van der Waals surface area contributed by atoms with Gasteiger partial charge in [-0.3, -0.25) is 0 Å². The smallest absolute Gasteiger partial charge is 0.168 e. The summed E-state index contributed by atoms with van der Waals surface area (Å²) >= 11 is 0.